The molecular weight excluding hydrogens is 450 g/mol. The minimum absolute atomic E-state index is 0.000906. The van der Waals surface area contributed by atoms with Crippen LogP contribution in [-0.2, 0) is 14.3 Å². The molecule has 1 aliphatic rings. The third-order valence-electron chi connectivity index (χ3n) is 5.51. The number of amides is 2. The quantitative estimate of drug-likeness (QED) is 0.444. The summed E-state index contributed by atoms with van der Waals surface area (Å²) in [5.41, 5.74) is 0.294. The van der Waals surface area contributed by atoms with Crippen LogP contribution in [0.3, 0.4) is 0 Å². The minimum atomic E-state index is -1.10. The fraction of sp³-hybridized carbons (Fsp3) is 0.375. The number of rotatable bonds is 8. The van der Waals surface area contributed by atoms with Gasteiger partial charge >= 0.3 is 5.97 Å². The number of carbonyl (C=O) groups excluding carboxylic acids is 3. The molecule has 3 rings (SSSR count). The van der Waals surface area contributed by atoms with Gasteiger partial charge in [0, 0.05) is 29.7 Å². The second kappa shape index (κ2) is 11.8. The van der Waals surface area contributed by atoms with Crippen molar-refractivity contribution >= 4 is 35.2 Å². The molecule has 0 atom stereocenters. The Labute approximate surface area is 195 Å². The molecule has 0 radical (unpaired) electrons. The van der Waals surface area contributed by atoms with Gasteiger partial charge in [-0.05, 0) is 37.1 Å². The molecule has 2 aromatic carbocycles. The summed E-state index contributed by atoms with van der Waals surface area (Å²) < 4.78 is 31.3. The fourth-order valence-electron chi connectivity index (χ4n) is 3.65. The predicted octanol–water partition coefficient (Wildman–Crippen LogP) is 4.64. The maximum atomic E-state index is 13.3. The van der Waals surface area contributed by atoms with Crippen LogP contribution in [0, 0.1) is 11.6 Å². The number of carbonyl (C=O) groups is 3. The Morgan fingerprint density at radius 3 is 2.52 bits per heavy atom. The summed E-state index contributed by atoms with van der Waals surface area (Å²) in [6.07, 6.45) is 5.51. The van der Waals surface area contributed by atoms with Crippen LogP contribution >= 0.6 is 11.8 Å². The summed E-state index contributed by atoms with van der Waals surface area (Å²) >= 11 is 1.25. The lowest BCUT2D eigenvalue weighted by molar-refractivity contribution is -0.129. The highest BCUT2D eigenvalue weighted by Crippen LogP contribution is 2.26. The Morgan fingerprint density at radius 2 is 1.79 bits per heavy atom. The zero-order valence-corrected chi connectivity index (χ0v) is 19.1. The maximum Gasteiger partial charge on any atom is 0.339 e. The molecule has 0 spiro atoms. The Balaban J connectivity index is 1.53. The number of nitrogens with zero attached hydrogens (tertiary/aromatic N) is 1. The first kappa shape index (κ1) is 24.7. The molecule has 0 unspecified atom stereocenters. The SMILES string of the molecule is CN(C(=O)CSc1ccccc1C(=O)OCC(=O)Nc1ccc(F)c(F)c1)C1CCCCC1. The lowest BCUT2D eigenvalue weighted by atomic mass is 9.94. The van der Waals surface area contributed by atoms with Crippen molar-refractivity contribution in [2.45, 2.75) is 43.0 Å². The number of hydrogen-bond donors (Lipinski definition) is 1. The van der Waals surface area contributed by atoms with Crippen LogP contribution in [0.1, 0.15) is 42.5 Å². The zero-order valence-electron chi connectivity index (χ0n) is 18.3. The van der Waals surface area contributed by atoms with Gasteiger partial charge in [-0.15, -0.1) is 11.8 Å². The second-order valence-corrected chi connectivity index (χ2v) is 8.85. The molecule has 2 aromatic rings. The average Bonchev–Trinajstić information content (AvgIpc) is 2.83. The van der Waals surface area contributed by atoms with Gasteiger partial charge in [0.15, 0.2) is 18.2 Å². The molecule has 0 bridgehead atoms. The van der Waals surface area contributed by atoms with E-state index in [0.29, 0.717) is 4.90 Å². The van der Waals surface area contributed by atoms with Crippen LogP contribution in [0.2, 0.25) is 0 Å². The molecular formula is C24H26F2N2O4S. The first-order chi connectivity index (χ1) is 15.8. The van der Waals surface area contributed by atoms with Crippen LogP contribution in [0.25, 0.3) is 0 Å². The van der Waals surface area contributed by atoms with E-state index in [9.17, 15) is 23.2 Å². The van der Waals surface area contributed by atoms with E-state index >= 15 is 0 Å². The summed E-state index contributed by atoms with van der Waals surface area (Å²) in [5, 5.41) is 2.34. The van der Waals surface area contributed by atoms with Gasteiger partial charge in [-0.3, -0.25) is 9.59 Å². The summed E-state index contributed by atoms with van der Waals surface area (Å²) in [6, 6.07) is 9.89. The summed E-state index contributed by atoms with van der Waals surface area (Å²) in [4.78, 5) is 39.5. The number of ether oxygens (including phenoxy) is 1. The van der Waals surface area contributed by atoms with E-state index in [1.165, 1.54) is 24.2 Å². The number of anilines is 1. The van der Waals surface area contributed by atoms with Gasteiger partial charge in [0.05, 0.1) is 11.3 Å². The molecule has 6 nitrogen and oxygen atoms in total. The fourth-order valence-corrected chi connectivity index (χ4v) is 4.62. The molecule has 9 heteroatoms. The Bertz CT molecular complexity index is 1010. The van der Waals surface area contributed by atoms with E-state index in [1.54, 1.807) is 29.2 Å². The van der Waals surface area contributed by atoms with Gasteiger partial charge in [-0.1, -0.05) is 31.4 Å². The molecule has 1 fully saturated rings. The normalized spacial score (nSPS) is 13.9. The van der Waals surface area contributed by atoms with E-state index in [2.05, 4.69) is 5.32 Å². The van der Waals surface area contributed by atoms with Gasteiger partial charge < -0.3 is 15.0 Å². The van der Waals surface area contributed by atoms with Crippen LogP contribution < -0.4 is 5.32 Å². The molecule has 2 amide bonds. The topological polar surface area (TPSA) is 75.7 Å². The third kappa shape index (κ3) is 7.02. The summed E-state index contributed by atoms with van der Waals surface area (Å²) in [7, 11) is 1.82. The molecule has 0 saturated heterocycles. The van der Waals surface area contributed by atoms with E-state index < -0.39 is 30.1 Å². The number of thioether (sulfide) groups is 1. The van der Waals surface area contributed by atoms with Crippen LogP contribution in [0.4, 0.5) is 14.5 Å². The van der Waals surface area contributed by atoms with Gasteiger partial charge in [0.25, 0.3) is 5.91 Å². The zero-order chi connectivity index (χ0) is 23.8. The first-order valence-corrected chi connectivity index (χ1v) is 11.7. The van der Waals surface area contributed by atoms with Crippen molar-refractivity contribution in [2.24, 2.45) is 0 Å². The standard InChI is InChI=1S/C24H26F2N2O4S/c1-28(17-7-3-2-4-8-17)23(30)15-33-21-10-6-5-9-18(21)24(31)32-14-22(29)27-16-11-12-19(25)20(26)13-16/h5-6,9-13,17H,2-4,7-8,14-15H2,1H3,(H,27,29). The smallest absolute Gasteiger partial charge is 0.339 e. The van der Waals surface area contributed by atoms with Crippen molar-refractivity contribution in [2.75, 3.05) is 24.7 Å². The number of nitrogens with one attached hydrogen (secondary N) is 1. The number of esters is 1. The first-order valence-electron chi connectivity index (χ1n) is 10.7. The lowest BCUT2D eigenvalue weighted by Gasteiger charge is -2.31. The second-order valence-electron chi connectivity index (χ2n) is 7.83. The molecule has 1 saturated carbocycles. The van der Waals surface area contributed by atoms with Crippen LogP contribution in [0.15, 0.2) is 47.4 Å². The third-order valence-corrected chi connectivity index (χ3v) is 6.57. The largest absolute Gasteiger partial charge is 0.452 e. The highest BCUT2D eigenvalue weighted by atomic mass is 32.2. The summed E-state index contributed by atoms with van der Waals surface area (Å²) in [5.74, 6) is -3.35. The minimum Gasteiger partial charge on any atom is -0.452 e. The number of halogens is 2. The van der Waals surface area contributed by atoms with E-state index in [0.717, 1.165) is 37.8 Å². The molecule has 1 N–H and O–H groups in total. The van der Waals surface area contributed by atoms with Crippen molar-refractivity contribution < 1.29 is 27.9 Å². The average molecular weight is 477 g/mol. The van der Waals surface area contributed by atoms with Gasteiger partial charge in [-0.2, -0.15) is 0 Å². The monoisotopic (exact) mass is 476 g/mol. The van der Waals surface area contributed by atoms with Gasteiger partial charge in [0.1, 0.15) is 0 Å². The highest BCUT2D eigenvalue weighted by Gasteiger charge is 2.23. The molecule has 0 aromatic heterocycles. The van der Waals surface area contributed by atoms with E-state index in [4.69, 9.17) is 4.74 Å². The van der Waals surface area contributed by atoms with Crippen molar-refractivity contribution in [3.05, 3.63) is 59.7 Å². The van der Waals surface area contributed by atoms with E-state index in [-0.39, 0.29) is 29.0 Å². The van der Waals surface area contributed by atoms with Crippen LogP contribution in [0.5, 0.6) is 0 Å². The van der Waals surface area contributed by atoms with Crippen molar-refractivity contribution in [1.82, 2.24) is 4.90 Å². The van der Waals surface area contributed by atoms with E-state index in [1.807, 2.05) is 7.05 Å². The summed E-state index contributed by atoms with van der Waals surface area (Å²) in [6.45, 7) is -0.597. The molecule has 33 heavy (non-hydrogen) atoms. The van der Waals surface area contributed by atoms with Gasteiger partial charge in [0.2, 0.25) is 5.91 Å². The Kier molecular flexibility index (Phi) is 8.82. The molecule has 0 heterocycles. The molecule has 0 aliphatic heterocycles. The maximum absolute atomic E-state index is 13.3. The van der Waals surface area contributed by atoms with Crippen molar-refractivity contribution in [1.29, 1.82) is 0 Å². The number of benzene rings is 2. The Hall–Kier alpha value is -2.94. The molecule has 1 aliphatic carbocycles. The lowest BCUT2D eigenvalue weighted by Crippen LogP contribution is -2.39. The molecule has 176 valence electrons. The van der Waals surface area contributed by atoms with Crippen molar-refractivity contribution in [3.8, 4) is 0 Å². The van der Waals surface area contributed by atoms with Gasteiger partial charge in [-0.25, -0.2) is 13.6 Å². The number of hydrogen-bond acceptors (Lipinski definition) is 5. The predicted molar refractivity (Wildman–Crippen MR) is 122 cm³/mol. The highest BCUT2D eigenvalue weighted by molar-refractivity contribution is 8.00. The van der Waals surface area contributed by atoms with Crippen LogP contribution in [-0.4, -0.2) is 48.1 Å². The Morgan fingerprint density at radius 1 is 1.06 bits per heavy atom. The van der Waals surface area contributed by atoms with Crippen molar-refractivity contribution in [3.63, 3.8) is 0 Å².